The molecular formula is C45H42ClN11O3S. The van der Waals surface area contributed by atoms with E-state index in [0.717, 1.165) is 102 Å². The van der Waals surface area contributed by atoms with Gasteiger partial charge in [-0.2, -0.15) is 5.26 Å². The maximum atomic E-state index is 13.1. The number of carbonyl (C=O) groups is 1. The Balaban J connectivity index is 0.790. The average Bonchev–Trinajstić information content (AvgIpc) is 3.99. The van der Waals surface area contributed by atoms with Crippen molar-refractivity contribution in [2.45, 2.75) is 83.9 Å². The Bertz CT molecular complexity index is 2690. The second kappa shape index (κ2) is 17.3. The third-order valence-electron chi connectivity index (χ3n) is 11.6. The number of benzene rings is 1. The number of hydrogen-bond donors (Lipinski definition) is 1. The second-order valence-corrected chi connectivity index (χ2v) is 17.2. The summed E-state index contributed by atoms with van der Waals surface area (Å²) in [5, 5.41) is 31.3. The fraction of sp³-hybridized carbons (Fsp3) is 0.356. The number of anilines is 1. The van der Waals surface area contributed by atoms with Crippen molar-refractivity contribution in [3.63, 3.8) is 0 Å². The van der Waals surface area contributed by atoms with Gasteiger partial charge in [0, 0.05) is 53.3 Å². The smallest absolute Gasteiger partial charge is 0.272 e. The first-order chi connectivity index (χ1) is 29.7. The monoisotopic (exact) mass is 851 g/mol. The molecule has 3 aliphatic rings. The first kappa shape index (κ1) is 40.0. The van der Waals surface area contributed by atoms with Crippen molar-refractivity contribution in [1.82, 2.24) is 40.2 Å². The van der Waals surface area contributed by atoms with Crippen molar-refractivity contribution in [3.8, 4) is 28.7 Å². The highest BCUT2D eigenvalue weighted by atomic mass is 35.5. The van der Waals surface area contributed by atoms with Gasteiger partial charge in [0.15, 0.2) is 23.2 Å². The van der Waals surface area contributed by atoms with Crippen LogP contribution >= 0.6 is 22.9 Å². The molecule has 16 heteroatoms. The van der Waals surface area contributed by atoms with E-state index < -0.39 is 0 Å². The Kier molecular flexibility index (Phi) is 11.3. The van der Waals surface area contributed by atoms with Crippen molar-refractivity contribution in [3.05, 3.63) is 122 Å². The number of nitrogens with one attached hydrogen (secondary N) is 1. The van der Waals surface area contributed by atoms with Crippen molar-refractivity contribution >= 4 is 40.4 Å². The molecule has 14 nitrogen and oxygen atoms in total. The van der Waals surface area contributed by atoms with Crippen LogP contribution in [0.4, 0.5) is 5.82 Å². The van der Waals surface area contributed by atoms with Crippen molar-refractivity contribution in [1.29, 1.82) is 5.26 Å². The second-order valence-electron chi connectivity index (χ2n) is 15.6. The number of oxazole rings is 1. The van der Waals surface area contributed by atoms with Gasteiger partial charge in [-0.05, 0) is 101 Å². The van der Waals surface area contributed by atoms with Crippen LogP contribution < -0.4 is 15.0 Å². The van der Waals surface area contributed by atoms with Crippen LogP contribution in [0.25, 0.3) is 5.00 Å². The van der Waals surface area contributed by atoms with Crippen LogP contribution in [-0.4, -0.2) is 71.8 Å². The van der Waals surface area contributed by atoms with E-state index in [-0.39, 0.29) is 30.0 Å². The Morgan fingerprint density at radius 1 is 1.00 bits per heavy atom. The number of rotatable bonds is 8. The molecule has 2 aliphatic heterocycles. The fourth-order valence-corrected chi connectivity index (χ4v) is 9.54. The number of fused-ring (bicyclic) bond motifs is 3. The summed E-state index contributed by atoms with van der Waals surface area (Å²) in [5.74, 6) is 10.4. The van der Waals surface area contributed by atoms with Crippen LogP contribution in [0.3, 0.4) is 0 Å². The molecule has 0 radical (unpaired) electrons. The Hall–Kier alpha value is -6.42. The summed E-state index contributed by atoms with van der Waals surface area (Å²) in [6, 6.07) is 14.5. The van der Waals surface area contributed by atoms with Crippen LogP contribution in [-0.2, 0) is 6.42 Å². The topological polar surface area (TPSA) is 173 Å². The molecule has 0 spiro atoms. The number of aryl methyl sites for hydroxylation is 2. The van der Waals surface area contributed by atoms with Gasteiger partial charge in [0.2, 0.25) is 0 Å². The molecule has 9 rings (SSSR count). The minimum Gasteiger partial charge on any atom is -0.490 e. The van der Waals surface area contributed by atoms with Gasteiger partial charge < -0.3 is 19.4 Å². The van der Waals surface area contributed by atoms with Crippen LogP contribution in [0.1, 0.15) is 105 Å². The van der Waals surface area contributed by atoms with E-state index in [1.807, 2.05) is 31.3 Å². The lowest BCUT2D eigenvalue weighted by molar-refractivity contribution is 0.0888. The van der Waals surface area contributed by atoms with Crippen molar-refractivity contribution in [2.24, 2.45) is 10.9 Å². The quantitative estimate of drug-likeness (QED) is 0.151. The molecule has 5 aromatic heterocycles. The number of carbonyl (C=O) groups excluding carboxylic acids is 1. The van der Waals surface area contributed by atoms with Crippen LogP contribution in [0, 0.1) is 49.9 Å². The first-order valence-corrected chi connectivity index (χ1v) is 21.6. The standard InChI is InChI=1S/C45H42ClN11O3S/c1-26-27(2)61-45-41(26)42(51-38(23-40-48-18-21-59-40)43-55-52-28(3)57(43)45)36-13-6-30(25-49-36)5-4-29-16-19-56(20-17-29)39-15-14-37(53-54-39)44(58)50-32-8-11-33(12-9-32)60-34-10-7-31(24-47)35(46)22-34/h6-7,10,13-15,18,21-22,25,29,32-33,38H,8-9,11-12,16-17,19-20,23H2,1-3H3,(H,50,58)/t32-,33-,38-/m0/s1. The van der Waals surface area contributed by atoms with Gasteiger partial charge in [0.25, 0.3) is 5.91 Å². The number of ether oxygens (including phenoxy) is 1. The first-order valence-electron chi connectivity index (χ1n) is 20.4. The minimum atomic E-state index is -0.364. The Morgan fingerprint density at radius 2 is 1.84 bits per heavy atom. The molecule has 7 heterocycles. The molecule has 1 saturated carbocycles. The summed E-state index contributed by atoms with van der Waals surface area (Å²) in [5.41, 5.74) is 5.33. The number of nitriles is 1. The van der Waals surface area contributed by atoms with E-state index in [1.54, 1.807) is 48.1 Å². The molecule has 1 saturated heterocycles. The number of pyridine rings is 1. The molecule has 1 aliphatic carbocycles. The van der Waals surface area contributed by atoms with Gasteiger partial charge in [-0.15, -0.1) is 31.7 Å². The maximum Gasteiger partial charge on any atom is 0.272 e. The largest absolute Gasteiger partial charge is 0.490 e. The molecule has 6 aromatic rings. The third-order valence-corrected chi connectivity index (χ3v) is 13.1. The predicted molar refractivity (Wildman–Crippen MR) is 230 cm³/mol. The van der Waals surface area contributed by atoms with Crippen LogP contribution in [0.5, 0.6) is 5.75 Å². The van der Waals surface area contributed by atoms with E-state index in [2.05, 4.69) is 71.9 Å². The highest BCUT2D eigenvalue weighted by molar-refractivity contribution is 7.15. The number of hydrogen-bond acceptors (Lipinski definition) is 13. The van der Waals surface area contributed by atoms with Gasteiger partial charge in [-0.1, -0.05) is 23.4 Å². The van der Waals surface area contributed by atoms with Gasteiger partial charge >= 0.3 is 0 Å². The summed E-state index contributed by atoms with van der Waals surface area (Å²) >= 11 is 7.87. The van der Waals surface area contributed by atoms with E-state index in [1.165, 1.54) is 4.88 Å². The zero-order valence-electron chi connectivity index (χ0n) is 33.9. The van der Waals surface area contributed by atoms with Gasteiger partial charge in [-0.25, -0.2) is 4.98 Å². The number of piperidine rings is 1. The number of amides is 1. The van der Waals surface area contributed by atoms with Gasteiger partial charge in [0.05, 0.1) is 40.7 Å². The van der Waals surface area contributed by atoms with Crippen LogP contribution in [0.2, 0.25) is 5.02 Å². The molecule has 1 atom stereocenters. The summed E-state index contributed by atoms with van der Waals surface area (Å²) in [6.45, 7) is 7.80. The summed E-state index contributed by atoms with van der Waals surface area (Å²) in [4.78, 5) is 31.0. The molecule has 61 heavy (non-hydrogen) atoms. The highest BCUT2D eigenvalue weighted by Crippen LogP contribution is 2.39. The average molecular weight is 852 g/mol. The molecule has 2 fully saturated rings. The van der Waals surface area contributed by atoms with Crippen LogP contribution in [0.15, 0.2) is 70.5 Å². The van der Waals surface area contributed by atoms with Crippen molar-refractivity contribution in [2.75, 3.05) is 18.0 Å². The summed E-state index contributed by atoms with van der Waals surface area (Å²) in [6.07, 6.45) is 10.4. The fourth-order valence-electron chi connectivity index (χ4n) is 8.12. The highest BCUT2D eigenvalue weighted by Gasteiger charge is 2.33. The van der Waals surface area contributed by atoms with Gasteiger partial charge in [-0.3, -0.25) is 19.3 Å². The zero-order valence-corrected chi connectivity index (χ0v) is 35.5. The zero-order chi connectivity index (χ0) is 42.0. The SMILES string of the molecule is Cc1sc2c(c1C)C(c1ccc(C#CC3CCN(c4ccc(C(=O)N[C@H]5CC[C@H](Oc6ccc(C#N)c(Cl)c6)CC5)nn4)CC3)cn1)=N[C@@H](Cc1ncco1)c1nnc(C)n1-2. The predicted octanol–water partition coefficient (Wildman–Crippen LogP) is 7.48. The normalized spacial score (nSPS) is 18.8. The number of nitrogens with zero attached hydrogens (tertiary/aromatic N) is 10. The molecule has 1 aromatic carbocycles. The molecule has 308 valence electrons. The van der Waals surface area contributed by atoms with E-state index >= 15 is 0 Å². The molecule has 0 unspecified atom stereocenters. The minimum absolute atomic E-state index is 0.0222. The third kappa shape index (κ3) is 8.49. The maximum absolute atomic E-state index is 13.1. The molecular weight excluding hydrogens is 810 g/mol. The lowest BCUT2D eigenvalue weighted by Gasteiger charge is -2.30. The lowest BCUT2D eigenvalue weighted by atomic mass is 9.93. The lowest BCUT2D eigenvalue weighted by Crippen LogP contribution is -2.40. The van der Waals surface area contributed by atoms with E-state index in [4.69, 9.17) is 36.0 Å². The van der Waals surface area contributed by atoms with Crippen molar-refractivity contribution < 1.29 is 13.9 Å². The number of halogens is 1. The number of aliphatic imine (C=N–C) groups is 1. The molecule has 1 amide bonds. The van der Waals surface area contributed by atoms with Gasteiger partial charge in [0.1, 0.15) is 34.9 Å². The number of thiophene rings is 1. The number of aromatic nitrogens is 7. The Labute approximate surface area is 362 Å². The van der Waals surface area contributed by atoms with E-state index in [9.17, 15) is 4.79 Å². The molecule has 0 bridgehead atoms. The summed E-state index contributed by atoms with van der Waals surface area (Å²) in [7, 11) is 0. The van der Waals surface area contributed by atoms with E-state index in [0.29, 0.717) is 34.3 Å². The summed E-state index contributed by atoms with van der Waals surface area (Å²) < 4.78 is 13.8. The molecule has 1 N–H and O–H groups in total. The Morgan fingerprint density at radius 3 is 2.54 bits per heavy atom.